The van der Waals surface area contributed by atoms with Crippen LogP contribution in [0.15, 0.2) is 60.8 Å². The fourth-order valence-electron chi connectivity index (χ4n) is 4.19. The molecule has 4 atom stereocenters. The van der Waals surface area contributed by atoms with Gasteiger partial charge in [-0.15, -0.1) is 0 Å². The highest BCUT2D eigenvalue weighted by molar-refractivity contribution is 7.80. The van der Waals surface area contributed by atoms with Crippen molar-refractivity contribution in [2.24, 2.45) is 11.7 Å². The first kappa shape index (κ1) is 29.7. The Labute approximate surface area is 232 Å². The van der Waals surface area contributed by atoms with Crippen molar-refractivity contribution in [1.82, 2.24) is 20.9 Å². The quantitative estimate of drug-likeness (QED) is 0.158. The number of hydrogen-bond donors (Lipinski definition) is 7. The lowest BCUT2D eigenvalue weighted by molar-refractivity contribution is -0.143. The summed E-state index contributed by atoms with van der Waals surface area (Å²) in [7, 11) is 0. The molecular formula is C28H35N5O5S. The van der Waals surface area contributed by atoms with Crippen LogP contribution in [0.2, 0.25) is 0 Å². The average Bonchev–Trinajstić information content (AvgIpc) is 3.33. The number of thiol groups is 1. The van der Waals surface area contributed by atoms with E-state index in [1.54, 1.807) is 20.0 Å². The van der Waals surface area contributed by atoms with E-state index in [9.17, 15) is 24.3 Å². The Hall–Kier alpha value is -3.83. The van der Waals surface area contributed by atoms with Crippen LogP contribution in [0.4, 0.5) is 0 Å². The molecule has 0 aliphatic rings. The number of H-pyrrole nitrogens is 1. The lowest BCUT2D eigenvalue weighted by atomic mass is 10.00. The summed E-state index contributed by atoms with van der Waals surface area (Å²) in [4.78, 5) is 54.5. The van der Waals surface area contributed by atoms with Crippen molar-refractivity contribution >= 4 is 47.2 Å². The second-order valence-corrected chi connectivity index (χ2v) is 10.1. The molecule has 3 aromatic rings. The van der Waals surface area contributed by atoms with E-state index in [0.29, 0.717) is 0 Å². The Kier molecular flexibility index (Phi) is 10.5. The maximum absolute atomic E-state index is 13.6. The lowest BCUT2D eigenvalue weighted by Crippen LogP contribution is -2.58. The molecule has 1 heterocycles. The number of rotatable bonds is 13. The first-order valence-corrected chi connectivity index (χ1v) is 13.3. The molecule has 0 radical (unpaired) electrons. The van der Waals surface area contributed by atoms with Crippen LogP contribution in [0.3, 0.4) is 0 Å². The van der Waals surface area contributed by atoms with E-state index in [1.165, 1.54) is 0 Å². The molecule has 3 rings (SSSR count). The van der Waals surface area contributed by atoms with Gasteiger partial charge in [0.05, 0.1) is 6.04 Å². The van der Waals surface area contributed by atoms with Crippen LogP contribution in [-0.2, 0) is 32.0 Å². The molecule has 0 saturated carbocycles. The van der Waals surface area contributed by atoms with Gasteiger partial charge < -0.3 is 31.8 Å². The Bertz CT molecular complexity index is 1300. The number of carbonyl (C=O) groups excluding carboxylic acids is 3. The Morgan fingerprint density at radius 1 is 0.872 bits per heavy atom. The normalized spacial score (nSPS) is 14.3. The van der Waals surface area contributed by atoms with E-state index < -0.39 is 47.9 Å². The van der Waals surface area contributed by atoms with Crippen molar-refractivity contribution < 1.29 is 24.3 Å². The Balaban J connectivity index is 1.90. The predicted molar refractivity (Wildman–Crippen MR) is 152 cm³/mol. The summed E-state index contributed by atoms with van der Waals surface area (Å²) in [5, 5.41) is 18.5. The van der Waals surface area contributed by atoms with Crippen LogP contribution in [0.5, 0.6) is 0 Å². The van der Waals surface area contributed by atoms with Gasteiger partial charge in [0.2, 0.25) is 17.7 Å². The summed E-state index contributed by atoms with van der Waals surface area (Å²) in [6.07, 6.45) is 2.00. The third-order valence-corrected chi connectivity index (χ3v) is 6.80. The number of para-hydroxylation sites is 1. The van der Waals surface area contributed by atoms with Gasteiger partial charge in [-0.05, 0) is 23.1 Å². The Morgan fingerprint density at radius 3 is 2.10 bits per heavy atom. The minimum absolute atomic E-state index is 0.0862. The average molecular weight is 554 g/mol. The third-order valence-electron chi connectivity index (χ3n) is 6.41. The summed E-state index contributed by atoms with van der Waals surface area (Å²) in [5.74, 6) is -3.27. The molecule has 0 bridgehead atoms. The van der Waals surface area contributed by atoms with Crippen LogP contribution in [-0.4, -0.2) is 63.7 Å². The zero-order valence-corrected chi connectivity index (χ0v) is 22.8. The predicted octanol–water partition coefficient (Wildman–Crippen LogP) is 1.41. The maximum Gasteiger partial charge on any atom is 0.326 e. The number of nitrogens with two attached hydrogens (primary N) is 1. The zero-order chi connectivity index (χ0) is 28.5. The number of fused-ring (bicyclic) bond motifs is 1. The number of benzene rings is 2. The van der Waals surface area contributed by atoms with Crippen LogP contribution < -0.4 is 21.7 Å². The van der Waals surface area contributed by atoms with Gasteiger partial charge in [0.15, 0.2) is 0 Å². The summed E-state index contributed by atoms with van der Waals surface area (Å²) in [6, 6.07) is 12.4. The van der Waals surface area contributed by atoms with Crippen molar-refractivity contribution in [3.05, 3.63) is 71.9 Å². The Morgan fingerprint density at radius 2 is 1.46 bits per heavy atom. The van der Waals surface area contributed by atoms with E-state index in [2.05, 4.69) is 33.6 Å². The molecule has 10 nitrogen and oxygen atoms in total. The second kappa shape index (κ2) is 13.8. The number of carboxylic acids is 1. The smallest absolute Gasteiger partial charge is 0.326 e. The summed E-state index contributed by atoms with van der Waals surface area (Å²) in [5.41, 5.74) is 8.24. The molecule has 2 aromatic carbocycles. The van der Waals surface area contributed by atoms with Crippen LogP contribution >= 0.6 is 12.6 Å². The monoisotopic (exact) mass is 553 g/mol. The summed E-state index contributed by atoms with van der Waals surface area (Å²) < 4.78 is 0. The molecule has 0 aliphatic heterocycles. The van der Waals surface area contributed by atoms with Crippen LogP contribution in [0.1, 0.15) is 25.0 Å². The van der Waals surface area contributed by atoms with E-state index in [-0.39, 0.29) is 24.5 Å². The van der Waals surface area contributed by atoms with Crippen molar-refractivity contribution in [1.29, 1.82) is 0 Å². The van der Waals surface area contributed by atoms with Gasteiger partial charge in [0.25, 0.3) is 0 Å². The molecule has 0 aliphatic carbocycles. The van der Waals surface area contributed by atoms with E-state index in [4.69, 9.17) is 5.73 Å². The van der Waals surface area contributed by atoms with Crippen molar-refractivity contribution in [3.63, 3.8) is 0 Å². The molecule has 11 heteroatoms. The fraction of sp³-hybridized carbons (Fsp3) is 0.357. The summed E-state index contributed by atoms with van der Waals surface area (Å²) >= 11 is 4.06. The minimum atomic E-state index is -1.18. The van der Waals surface area contributed by atoms with Gasteiger partial charge in [-0.1, -0.05) is 62.4 Å². The molecule has 39 heavy (non-hydrogen) atoms. The first-order chi connectivity index (χ1) is 18.6. The number of aromatic amines is 1. The largest absolute Gasteiger partial charge is 0.480 e. The van der Waals surface area contributed by atoms with E-state index in [0.717, 1.165) is 22.0 Å². The van der Waals surface area contributed by atoms with E-state index >= 15 is 0 Å². The van der Waals surface area contributed by atoms with Gasteiger partial charge in [-0.25, -0.2) is 4.79 Å². The van der Waals surface area contributed by atoms with Crippen molar-refractivity contribution in [2.45, 2.75) is 50.9 Å². The molecular weight excluding hydrogens is 518 g/mol. The number of nitrogens with one attached hydrogen (secondary N) is 4. The topological polar surface area (TPSA) is 166 Å². The highest BCUT2D eigenvalue weighted by Crippen LogP contribution is 2.19. The fourth-order valence-corrected chi connectivity index (χ4v) is 4.36. The van der Waals surface area contributed by atoms with Gasteiger partial charge in [-0.2, -0.15) is 12.6 Å². The molecule has 0 saturated heterocycles. The van der Waals surface area contributed by atoms with Gasteiger partial charge >= 0.3 is 5.97 Å². The molecule has 7 N–H and O–H groups in total. The molecule has 3 amide bonds. The standard InChI is InChI=1S/C28H35N5O5S/c1-16(2)24(28(37)38)33-27(36)23(13-18-14-30-21-11-7-6-10-19(18)21)32-26(35)22(31-25(34)20(29)15-39)12-17-8-4-3-5-9-17/h3-11,14,16,20,22-24,30,39H,12-13,15,29H2,1-2H3,(H,31,34)(H,32,35)(H,33,36)(H,37,38). The van der Waals surface area contributed by atoms with Crippen LogP contribution in [0.25, 0.3) is 10.9 Å². The van der Waals surface area contributed by atoms with E-state index in [1.807, 2.05) is 54.6 Å². The van der Waals surface area contributed by atoms with Gasteiger partial charge in [0.1, 0.15) is 18.1 Å². The van der Waals surface area contributed by atoms with Gasteiger partial charge in [-0.3, -0.25) is 14.4 Å². The molecule has 0 fully saturated rings. The zero-order valence-electron chi connectivity index (χ0n) is 21.9. The summed E-state index contributed by atoms with van der Waals surface area (Å²) in [6.45, 7) is 3.37. The number of aliphatic carboxylic acids is 1. The van der Waals surface area contributed by atoms with Crippen LogP contribution in [0, 0.1) is 5.92 Å². The molecule has 208 valence electrons. The maximum atomic E-state index is 13.6. The lowest BCUT2D eigenvalue weighted by Gasteiger charge is -2.26. The highest BCUT2D eigenvalue weighted by Gasteiger charge is 2.32. The number of hydrogen-bond acceptors (Lipinski definition) is 6. The van der Waals surface area contributed by atoms with Gasteiger partial charge in [0, 0.05) is 35.7 Å². The number of amides is 3. The molecule has 0 spiro atoms. The third kappa shape index (κ3) is 8.08. The second-order valence-electron chi connectivity index (χ2n) is 9.73. The van der Waals surface area contributed by atoms with Crippen molar-refractivity contribution in [2.75, 3.05) is 5.75 Å². The first-order valence-electron chi connectivity index (χ1n) is 12.7. The molecule has 1 aromatic heterocycles. The number of carbonyl (C=O) groups is 4. The highest BCUT2D eigenvalue weighted by atomic mass is 32.1. The molecule has 4 unspecified atom stereocenters. The minimum Gasteiger partial charge on any atom is -0.480 e. The van der Waals surface area contributed by atoms with Crippen molar-refractivity contribution in [3.8, 4) is 0 Å². The number of aromatic nitrogens is 1. The SMILES string of the molecule is CC(C)C(NC(=O)C(Cc1c[nH]c2ccccc12)NC(=O)C(Cc1ccccc1)NC(=O)C(N)CS)C(=O)O. The number of carboxylic acid groups (broad SMARTS) is 1.